The van der Waals surface area contributed by atoms with E-state index in [2.05, 4.69) is 0 Å². The molecule has 0 saturated carbocycles. The number of nitrogens with zero attached hydrogens (tertiary/aromatic N) is 2. The summed E-state index contributed by atoms with van der Waals surface area (Å²) in [7, 11) is 6.05. The van der Waals surface area contributed by atoms with E-state index in [1.165, 1.54) is 28.4 Å². The molecular weight excluding hydrogens is 464 g/mol. The van der Waals surface area contributed by atoms with Gasteiger partial charge in [0, 0.05) is 37.3 Å². The summed E-state index contributed by atoms with van der Waals surface area (Å²) in [4.78, 5) is 30.1. The van der Waals surface area contributed by atoms with Crippen LogP contribution in [0.4, 0.5) is 0 Å². The van der Waals surface area contributed by atoms with E-state index in [0.717, 1.165) is 24.0 Å². The number of amides is 2. The lowest BCUT2D eigenvalue weighted by molar-refractivity contribution is -0.128. The maximum absolute atomic E-state index is 13.3. The molecular formula is C27H32N2O7. The summed E-state index contributed by atoms with van der Waals surface area (Å²) < 4.78 is 21.3. The fraction of sp³-hybridized carbons (Fsp3) is 0.407. The second-order valence-electron chi connectivity index (χ2n) is 8.74. The van der Waals surface area contributed by atoms with Gasteiger partial charge in [-0.05, 0) is 60.7 Å². The molecule has 2 aromatic carbocycles. The van der Waals surface area contributed by atoms with E-state index in [-0.39, 0.29) is 17.6 Å². The SMILES string of the molecule is COc1cc2c(cc1O)C=C(C(=O)N1CCN(C(=O)c3cc(OC)c(OC)c(OC)c3)CC1)CCC2. The summed E-state index contributed by atoms with van der Waals surface area (Å²) in [5, 5.41) is 10.2. The van der Waals surface area contributed by atoms with Gasteiger partial charge in [0.05, 0.1) is 28.4 Å². The summed E-state index contributed by atoms with van der Waals surface area (Å²) in [6.07, 6.45) is 4.16. The summed E-state index contributed by atoms with van der Waals surface area (Å²) in [6, 6.07) is 6.77. The van der Waals surface area contributed by atoms with Gasteiger partial charge in [-0.1, -0.05) is 0 Å². The molecule has 2 amide bonds. The van der Waals surface area contributed by atoms with Gasteiger partial charge in [-0.3, -0.25) is 9.59 Å². The Bertz CT molecular complexity index is 1160. The number of methoxy groups -OCH3 is 4. The Morgan fingerprint density at radius 3 is 1.89 bits per heavy atom. The molecule has 0 aromatic heterocycles. The van der Waals surface area contributed by atoms with Crippen LogP contribution >= 0.6 is 0 Å². The van der Waals surface area contributed by atoms with Crippen molar-refractivity contribution >= 4 is 17.9 Å². The third-order valence-electron chi connectivity index (χ3n) is 6.70. The molecule has 2 aromatic rings. The van der Waals surface area contributed by atoms with Gasteiger partial charge in [-0.15, -0.1) is 0 Å². The quantitative estimate of drug-likeness (QED) is 0.656. The zero-order chi connectivity index (χ0) is 25.8. The Kier molecular flexibility index (Phi) is 7.57. The van der Waals surface area contributed by atoms with Gasteiger partial charge < -0.3 is 33.9 Å². The molecule has 0 radical (unpaired) electrons. The number of carbonyl (C=O) groups is 2. The van der Waals surface area contributed by atoms with Crippen LogP contribution in [0.25, 0.3) is 6.08 Å². The fourth-order valence-corrected chi connectivity index (χ4v) is 4.74. The predicted molar refractivity (Wildman–Crippen MR) is 134 cm³/mol. The minimum atomic E-state index is -0.159. The largest absolute Gasteiger partial charge is 0.504 e. The average Bonchev–Trinajstić information content (AvgIpc) is 3.12. The molecule has 0 unspecified atom stereocenters. The Morgan fingerprint density at radius 1 is 0.750 bits per heavy atom. The van der Waals surface area contributed by atoms with Crippen LogP contribution in [0.15, 0.2) is 29.8 Å². The first-order valence-corrected chi connectivity index (χ1v) is 11.9. The zero-order valence-electron chi connectivity index (χ0n) is 21.1. The van der Waals surface area contributed by atoms with Crippen molar-refractivity contribution in [1.82, 2.24) is 9.80 Å². The summed E-state index contributed by atoms with van der Waals surface area (Å²) in [6.45, 7) is 1.71. The van der Waals surface area contributed by atoms with Crippen molar-refractivity contribution in [1.29, 1.82) is 0 Å². The number of ether oxygens (including phenoxy) is 4. The molecule has 9 heteroatoms. The zero-order valence-corrected chi connectivity index (χ0v) is 21.1. The lowest BCUT2D eigenvalue weighted by Crippen LogP contribution is -2.50. The van der Waals surface area contributed by atoms with Crippen molar-refractivity contribution in [2.24, 2.45) is 0 Å². The number of phenolic OH excluding ortho intramolecular Hbond substituents is 1. The summed E-state index contributed by atoms with van der Waals surface area (Å²) in [5.74, 6) is 1.56. The number of carbonyl (C=O) groups excluding carboxylic acids is 2. The van der Waals surface area contributed by atoms with Crippen LogP contribution in [-0.4, -0.2) is 81.3 Å². The van der Waals surface area contributed by atoms with E-state index >= 15 is 0 Å². The highest BCUT2D eigenvalue weighted by atomic mass is 16.5. The number of phenols is 1. The first-order valence-electron chi connectivity index (χ1n) is 11.9. The maximum atomic E-state index is 13.3. The van der Waals surface area contributed by atoms with Crippen molar-refractivity contribution in [3.63, 3.8) is 0 Å². The number of benzene rings is 2. The second-order valence-corrected chi connectivity index (χ2v) is 8.74. The lowest BCUT2D eigenvalue weighted by Gasteiger charge is -2.35. The van der Waals surface area contributed by atoms with Crippen LogP contribution in [0.2, 0.25) is 0 Å². The van der Waals surface area contributed by atoms with Crippen molar-refractivity contribution in [2.75, 3.05) is 54.6 Å². The van der Waals surface area contributed by atoms with Gasteiger partial charge in [0.1, 0.15) is 0 Å². The molecule has 36 heavy (non-hydrogen) atoms. The molecule has 1 saturated heterocycles. The summed E-state index contributed by atoms with van der Waals surface area (Å²) in [5.41, 5.74) is 3.03. The van der Waals surface area contributed by atoms with Gasteiger partial charge in [-0.2, -0.15) is 0 Å². The van der Waals surface area contributed by atoms with Crippen LogP contribution in [0.1, 0.15) is 34.3 Å². The highest BCUT2D eigenvalue weighted by Gasteiger charge is 2.28. The molecule has 0 spiro atoms. The number of rotatable bonds is 6. The molecule has 1 N–H and O–H groups in total. The minimum absolute atomic E-state index is 0.0296. The van der Waals surface area contributed by atoms with Crippen molar-refractivity contribution in [3.05, 3.63) is 46.5 Å². The standard InChI is InChI=1S/C27H32N2O7/c1-33-22-14-17-6-5-7-18(12-19(17)13-21(22)30)26(31)28-8-10-29(11-9-28)27(32)20-15-23(34-2)25(36-4)24(16-20)35-3/h12-16,30H,5-11H2,1-4H3. The molecule has 4 rings (SSSR count). The molecule has 192 valence electrons. The Balaban J connectivity index is 1.46. The number of aryl methyl sites for hydroxylation is 1. The smallest absolute Gasteiger partial charge is 0.254 e. The normalized spacial score (nSPS) is 15.4. The van der Waals surface area contributed by atoms with Crippen molar-refractivity contribution in [3.8, 4) is 28.7 Å². The van der Waals surface area contributed by atoms with Crippen LogP contribution < -0.4 is 18.9 Å². The average molecular weight is 497 g/mol. The molecule has 1 aliphatic carbocycles. The Labute approximate surface area is 210 Å². The molecule has 9 nitrogen and oxygen atoms in total. The van der Waals surface area contributed by atoms with Crippen LogP contribution in [0.5, 0.6) is 28.7 Å². The summed E-state index contributed by atoms with van der Waals surface area (Å²) >= 11 is 0. The number of hydrogen-bond donors (Lipinski definition) is 1. The van der Waals surface area contributed by atoms with E-state index in [1.807, 2.05) is 12.1 Å². The third kappa shape index (κ3) is 4.91. The highest BCUT2D eigenvalue weighted by Crippen LogP contribution is 2.38. The van der Waals surface area contributed by atoms with Crippen molar-refractivity contribution < 1.29 is 33.6 Å². The number of piperazine rings is 1. The third-order valence-corrected chi connectivity index (χ3v) is 6.70. The van der Waals surface area contributed by atoms with Gasteiger partial charge in [0.2, 0.25) is 11.7 Å². The Hall–Kier alpha value is -3.88. The number of aromatic hydroxyl groups is 1. The van der Waals surface area contributed by atoms with E-state index in [4.69, 9.17) is 18.9 Å². The van der Waals surface area contributed by atoms with Gasteiger partial charge >= 0.3 is 0 Å². The molecule has 0 bridgehead atoms. The first-order chi connectivity index (χ1) is 17.4. The first kappa shape index (κ1) is 25.2. The van der Waals surface area contributed by atoms with Crippen LogP contribution in [-0.2, 0) is 11.2 Å². The maximum Gasteiger partial charge on any atom is 0.254 e. The van der Waals surface area contributed by atoms with Gasteiger partial charge in [0.15, 0.2) is 23.0 Å². The van der Waals surface area contributed by atoms with E-state index < -0.39 is 0 Å². The molecule has 2 aliphatic rings. The predicted octanol–water partition coefficient (Wildman–Crippen LogP) is 3.13. The molecule has 1 aliphatic heterocycles. The number of hydrogen-bond acceptors (Lipinski definition) is 7. The molecule has 1 fully saturated rings. The minimum Gasteiger partial charge on any atom is -0.504 e. The van der Waals surface area contributed by atoms with E-state index in [1.54, 1.807) is 28.0 Å². The lowest BCUT2D eigenvalue weighted by atomic mass is 10.0. The number of fused-ring (bicyclic) bond motifs is 1. The van der Waals surface area contributed by atoms with Gasteiger partial charge in [0.25, 0.3) is 5.91 Å². The molecule has 1 heterocycles. The van der Waals surface area contributed by atoms with E-state index in [9.17, 15) is 14.7 Å². The fourth-order valence-electron chi connectivity index (χ4n) is 4.74. The van der Waals surface area contributed by atoms with Crippen LogP contribution in [0.3, 0.4) is 0 Å². The van der Waals surface area contributed by atoms with E-state index in [0.29, 0.717) is 66.7 Å². The van der Waals surface area contributed by atoms with Crippen molar-refractivity contribution in [2.45, 2.75) is 19.3 Å². The van der Waals surface area contributed by atoms with Gasteiger partial charge in [-0.25, -0.2) is 0 Å². The Morgan fingerprint density at radius 2 is 1.33 bits per heavy atom. The van der Waals surface area contributed by atoms with Crippen LogP contribution in [0, 0.1) is 0 Å². The second kappa shape index (κ2) is 10.8. The topological polar surface area (TPSA) is 97.8 Å². The molecule has 0 atom stereocenters. The monoisotopic (exact) mass is 496 g/mol. The highest BCUT2D eigenvalue weighted by molar-refractivity contribution is 5.99.